The molecular formula is C10H18N2O4. The van der Waals surface area contributed by atoms with Crippen molar-refractivity contribution in [3.63, 3.8) is 0 Å². The summed E-state index contributed by atoms with van der Waals surface area (Å²) >= 11 is 0. The molecule has 92 valence electrons. The summed E-state index contributed by atoms with van der Waals surface area (Å²) in [6.07, 6.45) is 0.954. The molecule has 2 unspecified atom stereocenters. The third-order valence-corrected chi connectivity index (χ3v) is 2.91. The summed E-state index contributed by atoms with van der Waals surface area (Å²) in [5, 5.41) is 18.2. The average Bonchev–Trinajstić information content (AvgIpc) is 2.26. The van der Waals surface area contributed by atoms with E-state index in [0.717, 1.165) is 6.42 Å². The van der Waals surface area contributed by atoms with Crippen molar-refractivity contribution in [1.29, 1.82) is 0 Å². The Morgan fingerprint density at radius 1 is 1.50 bits per heavy atom. The van der Waals surface area contributed by atoms with E-state index in [1.54, 1.807) is 0 Å². The van der Waals surface area contributed by atoms with Crippen molar-refractivity contribution in [2.24, 2.45) is 0 Å². The molecule has 6 heteroatoms. The van der Waals surface area contributed by atoms with Crippen LogP contribution in [0.25, 0.3) is 0 Å². The van der Waals surface area contributed by atoms with E-state index in [4.69, 9.17) is 5.11 Å². The van der Waals surface area contributed by atoms with Crippen LogP contribution in [0.5, 0.6) is 0 Å². The summed E-state index contributed by atoms with van der Waals surface area (Å²) in [6, 6.07) is -1.19. The first-order valence-electron chi connectivity index (χ1n) is 5.36. The number of rotatable bonds is 2. The van der Waals surface area contributed by atoms with E-state index >= 15 is 0 Å². The van der Waals surface area contributed by atoms with Gasteiger partial charge in [0.15, 0.2) is 0 Å². The lowest BCUT2D eigenvalue weighted by atomic mass is 10.1. The van der Waals surface area contributed by atoms with Gasteiger partial charge in [-0.2, -0.15) is 0 Å². The summed E-state index contributed by atoms with van der Waals surface area (Å²) in [6.45, 7) is 2.32. The molecule has 0 bridgehead atoms. The Balaban J connectivity index is 2.59. The molecule has 0 aromatic heterocycles. The second-order valence-electron chi connectivity index (χ2n) is 4.15. The maximum Gasteiger partial charge on any atom is 0.326 e. The highest BCUT2D eigenvalue weighted by molar-refractivity contribution is 5.82. The highest BCUT2D eigenvalue weighted by Gasteiger charge is 2.28. The van der Waals surface area contributed by atoms with Crippen LogP contribution in [0.1, 0.15) is 19.8 Å². The number of nitrogens with zero attached hydrogens (tertiary/aromatic N) is 2. The number of aliphatic hydroxyl groups excluding tert-OH is 1. The molecule has 2 N–H and O–H groups in total. The van der Waals surface area contributed by atoms with E-state index in [1.165, 1.54) is 23.8 Å². The van der Waals surface area contributed by atoms with Crippen LogP contribution in [0.4, 0.5) is 4.79 Å². The molecule has 0 aliphatic carbocycles. The minimum Gasteiger partial charge on any atom is -0.480 e. The normalized spacial score (nSPS) is 22.7. The molecular weight excluding hydrogens is 212 g/mol. The fraction of sp³-hybridized carbons (Fsp3) is 0.800. The van der Waals surface area contributed by atoms with Gasteiger partial charge in [0.2, 0.25) is 0 Å². The summed E-state index contributed by atoms with van der Waals surface area (Å²) < 4.78 is 0. The second-order valence-corrected chi connectivity index (χ2v) is 4.15. The summed E-state index contributed by atoms with van der Waals surface area (Å²) in [5.74, 6) is -1.03. The quantitative estimate of drug-likeness (QED) is 0.698. The van der Waals surface area contributed by atoms with Crippen molar-refractivity contribution in [3.05, 3.63) is 0 Å². The molecule has 0 aromatic carbocycles. The van der Waals surface area contributed by atoms with Gasteiger partial charge in [0.1, 0.15) is 6.04 Å². The molecule has 0 saturated carbocycles. The monoisotopic (exact) mass is 230 g/mol. The van der Waals surface area contributed by atoms with Crippen molar-refractivity contribution in [2.45, 2.75) is 31.9 Å². The largest absolute Gasteiger partial charge is 0.480 e. The smallest absolute Gasteiger partial charge is 0.326 e. The fourth-order valence-electron chi connectivity index (χ4n) is 1.68. The van der Waals surface area contributed by atoms with Crippen LogP contribution < -0.4 is 0 Å². The topological polar surface area (TPSA) is 81.1 Å². The lowest BCUT2D eigenvalue weighted by Gasteiger charge is -2.34. The first-order valence-corrected chi connectivity index (χ1v) is 5.36. The minimum atomic E-state index is -1.03. The van der Waals surface area contributed by atoms with Crippen LogP contribution in [-0.4, -0.2) is 64.3 Å². The number of aliphatic carboxylic acids is 1. The van der Waals surface area contributed by atoms with Crippen molar-refractivity contribution < 1.29 is 19.8 Å². The van der Waals surface area contributed by atoms with Crippen molar-refractivity contribution in [3.8, 4) is 0 Å². The zero-order valence-corrected chi connectivity index (χ0v) is 9.59. The van der Waals surface area contributed by atoms with Gasteiger partial charge >= 0.3 is 12.0 Å². The SMILES string of the molecule is CC(C(=O)O)N(C)C(=O)N1CCCC(O)C1. The van der Waals surface area contributed by atoms with Crippen LogP contribution >= 0.6 is 0 Å². The number of likely N-dealkylation sites (tertiary alicyclic amines) is 1. The Labute approximate surface area is 94.4 Å². The number of urea groups is 1. The van der Waals surface area contributed by atoms with E-state index in [9.17, 15) is 14.7 Å². The number of carboxylic acids is 1. The van der Waals surface area contributed by atoms with Crippen LogP contribution in [0, 0.1) is 0 Å². The molecule has 1 saturated heterocycles. The van der Waals surface area contributed by atoms with Crippen molar-refractivity contribution >= 4 is 12.0 Å². The molecule has 1 fully saturated rings. The number of carbonyl (C=O) groups is 2. The lowest BCUT2D eigenvalue weighted by molar-refractivity contribution is -0.141. The number of carbonyl (C=O) groups excluding carboxylic acids is 1. The van der Waals surface area contributed by atoms with Crippen molar-refractivity contribution in [2.75, 3.05) is 20.1 Å². The third kappa shape index (κ3) is 2.85. The standard InChI is InChI=1S/C10H18N2O4/c1-7(9(14)15)11(2)10(16)12-5-3-4-8(13)6-12/h7-8,13H,3-6H2,1-2H3,(H,14,15). The van der Waals surface area contributed by atoms with Gasteiger partial charge in [0.05, 0.1) is 6.10 Å². The van der Waals surface area contributed by atoms with E-state index in [2.05, 4.69) is 0 Å². The zero-order chi connectivity index (χ0) is 12.3. The number of carboxylic acid groups (broad SMARTS) is 1. The van der Waals surface area contributed by atoms with Crippen LogP contribution in [-0.2, 0) is 4.79 Å². The Morgan fingerprint density at radius 2 is 2.12 bits per heavy atom. The first-order chi connectivity index (χ1) is 7.43. The van der Waals surface area contributed by atoms with Gasteiger partial charge in [-0.3, -0.25) is 0 Å². The molecule has 1 heterocycles. The number of β-amino-alcohol motifs (C(OH)–C–C–N with tert-alkyl or cyclic N) is 1. The molecule has 0 spiro atoms. The van der Waals surface area contributed by atoms with Gasteiger partial charge in [0.25, 0.3) is 0 Å². The molecule has 0 radical (unpaired) electrons. The Morgan fingerprint density at radius 3 is 2.62 bits per heavy atom. The predicted molar refractivity (Wildman–Crippen MR) is 57.1 cm³/mol. The average molecular weight is 230 g/mol. The van der Waals surface area contributed by atoms with Gasteiger partial charge in [0, 0.05) is 20.1 Å². The summed E-state index contributed by atoms with van der Waals surface area (Å²) in [7, 11) is 1.46. The van der Waals surface area contributed by atoms with Crippen LogP contribution in [0.2, 0.25) is 0 Å². The number of hydrogen-bond donors (Lipinski definition) is 2. The fourth-order valence-corrected chi connectivity index (χ4v) is 1.68. The van der Waals surface area contributed by atoms with Crippen molar-refractivity contribution in [1.82, 2.24) is 9.80 Å². The Bertz CT molecular complexity index is 282. The maximum absolute atomic E-state index is 11.9. The molecule has 0 aromatic rings. The number of aliphatic hydroxyl groups is 1. The molecule has 1 aliphatic heterocycles. The molecule has 1 rings (SSSR count). The number of hydrogen-bond acceptors (Lipinski definition) is 3. The Kier molecular flexibility index (Phi) is 4.12. The molecule has 2 amide bonds. The minimum absolute atomic E-state index is 0.287. The molecule has 6 nitrogen and oxygen atoms in total. The Hall–Kier alpha value is -1.30. The van der Waals surface area contributed by atoms with E-state index in [1.807, 2.05) is 0 Å². The highest BCUT2D eigenvalue weighted by Crippen LogP contribution is 2.12. The maximum atomic E-state index is 11.9. The van der Waals surface area contributed by atoms with E-state index in [0.29, 0.717) is 13.0 Å². The third-order valence-electron chi connectivity index (χ3n) is 2.91. The molecule has 16 heavy (non-hydrogen) atoms. The van der Waals surface area contributed by atoms with E-state index in [-0.39, 0.29) is 12.6 Å². The first kappa shape index (κ1) is 12.8. The predicted octanol–water partition coefficient (Wildman–Crippen LogP) is -0.0320. The van der Waals surface area contributed by atoms with Gasteiger partial charge in [-0.15, -0.1) is 0 Å². The van der Waals surface area contributed by atoms with Crippen LogP contribution in [0.3, 0.4) is 0 Å². The number of amides is 2. The zero-order valence-electron chi connectivity index (χ0n) is 9.59. The van der Waals surface area contributed by atoms with Gasteiger partial charge in [-0.25, -0.2) is 9.59 Å². The molecule has 2 atom stereocenters. The van der Waals surface area contributed by atoms with Gasteiger partial charge in [-0.05, 0) is 19.8 Å². The summed E-state index contributed by atoms with van der Waals surface area (Å²) in [5.41, 5.74) is 0. The van der Waals surface area contributed by atoms with Gasteiger partial charge < -0.3 is 20.0 Å². The summed E-state index contributed by atoms with van der Waals surface area (Å²) in [4.78, 5) is 25.3. The highest BCUT2D eigenvalue weighted by atomic mass is 16.4. The second kappa shape index (κ2) is 5.16. The number of piperidine rings is 1. The van der Waals surface area contributed by atoms with Gasteiger partial charge in [-0.1, -0.05) is 0 Å². The van der Waals surface area contributed by atoms with E-state index < -0.39 is 18.1 Å². The number of likely N-dealkylation sites (N-methyl/N-ethyl adjacent to an activating group) is 1. The molecule has 1 aliphatic rings. The lowest BCUT2D eigenvalue weighted by Crippen LogP contribution is -2.51. The van der Waals surface area contributed by atoms with Crippen LogP contribution in [0.15, 0.2) is 0 Å².